The largest absolute Gasteiger partial charge is 0.491 e. The summed E-state index contributed by atoms with van der Waals surface area (Å²) in [5.41, 5.74) is 0.474. The van der Waals surface area contributed by atoms with Gasteiger partial charge in [-0.1, -0.05) is 0 Å². The van der Waals surface area contributed by atoms with Crippen LogP contribution in [-0.4, -0.2) is 30.9 Å². The van der Waals surface area contributed by atoms with E-state index in [2.05, 4.69) is 4.74 Å². The van der Waals surface area contributed by atoms with Gasteiger partial charge in [-0.2, -0.15) is 0 Å². The van der Waals surface area contributed by atoms with Crippen LogP contribution in [0.15, 0.2) is 24.3 Å². The van der Waals surface area contributed by atoms with Crippen molar-refractivity contribution in [3.8, 4) is 5.75 Å². The Morgan fingerprint density at radius 2 is 2.00 bits per heavy atom. The van der Waals surface area contributed by atoms with Gasteiger partial charge >= 0.3 is 5.97 Å². The van der Waals surface area contributed by atoms with Gasteiger partial charge in [0.05, 0.1) is 18.8 Å². The van der Waals surface area contributed by atoms with Crippen LogP contribution < -0.4 is 4.74 Å². The van der Waals surface area contributed by atoms with Crippen molar-refractivity contribution in [1.29, 1.82) is 0 Å². The standard InChI is InChI=1S/C11H14O4/c1-8(12)7-15-10-5-3-9(4-6-10)11(13)14-2/h3-6,8,12H,7H2,1-2H3. The first-order valence-corrected chi connectivity index (χ1v) is 4.62. The summed E-state index contributed by atoms with van der Waals surface area (Å²) >= 11 is 0. The smallest absolute Gasteiger partial charge is 0.337 e. The van der Waals surface area contributed by atoms with Gasteiger partial charge in [0, 0.05) is 0 Å². The zero-order valence-electron chi connectivity index (χ0n) is 8.77. The Balaban J connectivity index is 2.60. The first-order valence-electron chi connectivity index (χ1n) is 4.62. The van der Waals surface area contributed by atoms with Crippen LogP contribution in [0.4, 0.5) is 0 Å². The van der Waals surface area contributed by atoms with Crippen molar-refractivity contribution < 1.29 is 19.4 Å². The highest BCUT2D eigenvalue weighted by molar-refractivity contribution is 5.89. The van der Waals surface area contributed by atoms with E-state index in [9.17, 15) is 4.79 Å². The summed E-state index contributed by atoms with van der Waals surface area (Å²) in [6.07, 6.45) is -0.509. The molecule has 1 aromatic carbocycles. The van der Waals surface area contributed by atoms with E-state index in [-0.39, 0.29) is 12.6 Å². The number of carbonyl (C=O) groups is 1. The molecular weight excluding hydrogens is 196 g/mol. The first kappa shape index (κ1) is 11.5. The fourth-order valence-electron chi connectivity index (χ4n) is 1.02. The number of rotatable bonds is 4. The Morgan fingerprint density at radius 1 is 1.40 bits per heavy atom. The summed E-state index contributed by atoms with van der Waals surface area (Å²) < 4.78 is 9.79. The van der Waals surface area contributed by atoms with Crippen molar-refractivity contribution in [1.82, 2.24) is 0 Å². The first-order chi connectivity index (χ1) is 7.13. The van der Waals surface area contributed by atoms with Gasteiger partial charge in [0.1, 0.15) is 12.4 Å². The van der Waals surface area contributed by atoms with Crippen LogP contribution in [0.25, 0.3) is 0 Å². The minimum absolute atomic E-state index is 0.234. The highest BCUT2D eigenvalue weighted by Crippen LogP contribution is 2.12. The van der Waals surface area contributed by atoms with Crippen molar-refractivity contribution in [2.45, 2.75) is 13.0 Å². The maximum Gasteiger partial charge on any atom is 0.337 e. The third-order valence-electron chi connectivity index (χ3n) is 1.77. The van der Waals surface area contributed by atoms with Gasteiger partial charge in [0.2, 0.25) is 0 Å². The normalized spacial score (nSPS) is 11.9. The van der Waals surface area contributed by atoms with Crippen LogP contribution in [0.3, 0.4) is 0 Å². The maximum atomic E-state index is 11.1. The topological polar surface area (TPSA) is 55.8 Å². The Kier molecular flexibility index (Phi) is 4.12. The van der Waals surface area contributed by atoms with Gasteiger partial charge in [-0.25, -0.2) is 4.79 Å². The zero-order chi connectivity index (χ0) is 11.3. The quantitative estimate of drug-likeness (QED) is 0.759. The Morgan fingerprint density at radius 3 is 2.47 bits per heavy atom. The molecule has 0 heterocycles. The number of aliphatic hydroxyl groups is 1. The second-order valence-corrected chi connectivity index (χ2v) is 3.18. The van der Waals surface area contributed by atoms with Gasteiger partial charge in [-0.3, -0.25) is 0 Å². The molecule has 0 saturated carbocycles. The average molecular weight is 210 g/mol. The van der Waals surface area contributed by atoms with Crippen LogP contribution in [0.2, 0.25) is 0 Å². The Hall–Kier alpha value is -1.55. The molecule has 15 heavy (non-hydrogen) atoms. The van der Waals surface area contributed by atoms with E-state index in [4.69, 9.17) is 9.84 Å². The minimum Gasteiger partial charge on any atom is -0.491 e. The summed E-state index contributed by atoms with van der Waals surface area (Å²) in [6, 6.07) is 6.55. The van der Waals surface area contributed by atoms with Crippen molar-refractivity contribution in [2.75, 3.05) is 13.7 Å². The average Bonchev–Trinajstić information content (AvgIpc) is 2.26. The highest BCUT2D eigenvalue weighted by atomic mass is 16.5. The van der Waals surface area contributed by atoms with Crippen LogP contribution in [0.1, 0.15) is 17.3 Å². The molecule has 0 bridgehead atoms. The van der Waals surface area contributed by atoms with E-state index in [1.165, 1.54) is 7.11 Å². The molecule has 0 radical (unpaired) electrons. The zero-order valence-corrected chi connectivity index (χ0v) is 8.77. The van der Waals surface area contributed by atoms with Gasteiger partial charge in [-0.15, -0.1) is 0 Å². The second kappa shape index (κ2) is 5.36. The SMILES string of the molecule is COC(=O)c1ccc(OCC(C)O)cc1. The van der Waals surface area contributed by atoms with Crippen LogP contribution in [0, 0.1) is 0 Å². The summed E-state index contributed by atoms with van der Waals surface area (Å²) in [7, 11) is 1.33. The molecule has 0 aliphatic rings. The Bertz CT molecular complexity index is 316. The summed E-state index contributed by atoms with van der Waals surface area (Å²) in [5, 5.41) is 9.00. The third kappa shape index (κ3) is 3.59. The third-order valence-corrected chi connectivity index (χ3v) is 1.77. The number of carbonyl (C=O) groups excluding carboxylic acids is 1. The molecule has 1 aromatic rings. The van der Waals surface area contributed by atoms with Gasteiger partial charge < -0.3 is 14.6 Å². The van der Waals surface area contributed by atoms with Crippen LogP contribution >= 0.6 is 0 Å². The van der Waals surface area contributed by atoms with Crippen molar-refractivity contribution in [3.05, 3.63) is 29.8 Å². The second-order valence-electron chi connectivity index (χ2n) is 3.18. The number of esters is 1. The molecule has 82 valence electrons. The number of hydrogen-bond acceptors (Lipinski definition) is 4. The molecule has 0 amide bonds. The van der Waals surface area contributed by atoms with E-state index >= 15 is 0 Å². The molecule has 0 fully saturated rings. The lowest BCUT2D eigenvalue weighted by Gasteiger charge is -2.08. The summed E-state index contributed by atoms with van der Waals surface area (Å²) in [4.78, 5) is 11.1. The molecule has 1 N–H and O–H groups in total. The molecule has 4 heteroatoms. The van der Waals surface area contributed by atoms with E-state index in [0.29, 0.717) is 11.3 Å². The van der Waals surface area contributed by atoms with Crippen molar-refractivity contribution in [2.24, 2.45) is 0 Å². The predicted octanol–water partition coefficient (Wildman–Crippen LogP) is 1.23. The number of ether oxygens (including phenoxy) is 2. The number of benzene rings is 1. The van der Waals surface area contributed by atoms with Gasteiger partial charge in [-0.05, 0) is 31.2 Å². The summed E-state index contributed by atoms with van der Waals surface area (Å²) in [6.45, 7) is 1.88. The highest BCUT2D eigenvalue weighted by Gasteiger charge is 2.04. The molecule has 0 aliphatic heterocycles. The number of hydrogen-bond donors (Lipinski definition) is 1. The van der Waals surface area contributed by atoms with E-state index in [0.717, 1.165) is 0 Å². The minimum atomic E-state index is -0.509. The molecule has 0 spiro atoms. The van der Waals surface area contributed by atoms with Crippen LogP contribution in [-0.2, 0) is 4.74 Å². The van der Waals surface area contributed by atoms with Gasteiger partial charge in [0.25, 0.3) is 0 Å². The van der Waals surface area contributed by atoms with E-state index < -0.39 is 6.10 Å². The predicted molar refractivity (Wildman–Crippen MR) is 55.0 cm³/mol. The molecule has 1 atom stereocenters. The number of aliphatic hydroxyl groups excluding tert-OH is 1. The fourth-order valence-corrected chi connectivity index (χ4v) is 1.02. The van der Waals surface area contributed by atoms with E-state index in [1.54, 1.807) is 31.2 Å². The summed E-state index contributed by atoms with van der Waals surface area (Å²) in [5.74, 6) is 0.237. The molecule has 0 aliphatic carbocycles. The van der Waals surface area contributed by atoms with Gasteiger partial charge in [0.15, 0.2) is 0 Å². The lowest BCUT2D eigenvalue weighted by molar-refractivity contribution is 0.0600. The van der Waals surface area contributed by atoms with E-state index in [1.807, 2.05) is 0 Å². The molecule has 1 rings (SSSR count). The maximum absolute atomic E-state index is 11.1. The monoisotopic (exact) mass is 210 g/mol. The van der Waals surface area contributed by atoms with Crippen molar-refractivity contribution >= 4 is 5.97 Å². The lowest BCUT2D eigenvalue weighted by Crippen LogP contribution is -2.12. The molecule has 4 nitrogen and oxygen atoms in total. The van der Waals surface area contributed by atoms with Crippen LogP contribution in [0.5, 0.6) is 5.75 Å². The molecule has 0 aromatic heterocycles. The molecule has 0 saturated heterocycles. The Labute approximate surface area is 88.4 Å². The lowest BCUT2D eigenvalue weighted by atomic mass is 10.2. The fraction of sp³-hybridized carbons (Fsp3) is 0.364. The number of methoxy groups -OCH3 is 1. The molecule has 1 unspecified atom stereocenters. The molecular formula is C11H14O4. The van der Waals surface area contributed by atoms with Crippen molar-refractivity contribution in [3.63, 3.8) is 0 Å².